The largest absolute Gasteiger partial charge is 0.416 e. The Hall–Kier alpha value is -2.81. The van der Waals surface area contributed by atoms with Crippen molar-refractivity contribution < 1.29 is 13.2 Å². The van der Waals surface area contributed by atoms with Crippen LogP contribution in [-0.2, 0) is 6.18 Å². The van der Waals surface area contributed by atoms with E-state index in [1.165, 1.54) is 12.4 Å². The lowest BCUT2D eigenvalue weighted by atomic mass is 10.1. The Morgan fingerprint density at radius 1 is 1.10 bits per heavy atom. The Morgan fingerprint density at radius 2 is 1.86 bits per heavy atom. The molecule has 0 saturated heterocycles. The van der Waals surface area contributed by atoms with Gasteiger partial charge < -0.3 is 0 Å². The van der Waals surface area contributed by atoms with Crippen LogP contribution in [0.15, 0.2) is 48.8 Å². The second kappa shape index (κ2) is 4.63. The summed E-state index contributed by atoms with van der Waals surface area (Å²) in [7, 11) is 0. The molecule has 3 aromatic rings. The third-order valence-corrected chi connectivity index (χ3v) is 3.16. The number of nitriles is 1. The number of alkyl halides is 3. The van der Waals surface area contributed by atoms with Crippen molar-refractivity contribution in [1.82, 2.24) is 9.55 Å². The number of rotatable bonds is 1. The van der Waals surface area contributed by atoms with Crippen LogP contribution < -0.4 is 0 Å². The number of imidazole rings is 1. The quantitative estimate of drug-likeness (QED) is 0.680. The first-order valence-corrected chi connectivity index (χ1v) is 6.04. The average molecular weight is 287 g/mol. The van der Waals surface area contributed by atoms with Crippen LogP contribution in [-0.4, -0.2) is 9.55 Å². The van der Waals surface area contributed by atoms with Crippen LogP contribution in [0.25, 0.3) is 16.7 Å². The van der Waals surface area contributed by atoms with Gasteiger partial charge in [-0.05, 0) is 30.3 Å². The number of hydrogen-bond donors (Lipinski definition) is 0. The maximum atomic E-state index is 12.7. The second-order valence-electron chi connectivity index (χ2n) is 4.44. The second-order valence-corrected chi connectivity index (χ2v) is 4.44. The summed E-state index contributed by atoms with van der Waals surface area (Å²) < 4.78 is 39.7. The number of aromatic nitrogens is 2. The summed E-state index contributed by atoms with van der Waals surface area (Å²) >= 11 is 0. The van der Waals surface area contributed by atoms with Gasteiger partial charge in [-0.15, -0.1) is 0 Å². The molecule has 3 nitrogen and oxygen atoms in total. The van der Waals surface area contributed by atoms with E-state index in [9.17, 15) is 13.2 Å². The van der Waals surface area contributed by atoms with Crippen molar-refractivity contribution in [3.05, 3.63) is 59.9 Å². The minimum absolute atomic E-state index is 0.0482. The molecule has 0 aliphatic heterocycles. The molecule has 0 spiro atoms. The van der Waals surface area contributed by atoms with E-state index in [0.717, 1.165) is 17.6 Å². The van der Waals surface area contributed by atoms with Gasteiger partial charge in [-0.3, -0.25) is 4.57 Å². The van der Waals surface area contributed by atoms with E-state index in [1.54, 1.807) is 22.8 Å². The number of halogens is 3. The van der Waals surface area contributed by atoms with E-state index in [0.29, 0.717) is 11.2 Å². The molecule has 0 bridgehead atoms. The van der Waals surface area contributed by atoms with Crippen molar-refractivity contribution in [2.75, 3.05) is 0 Å². The molecular formula is C15H8F3N3. The van der Waals surface area contributed by atoms with Gasteiger partial charge in [0, 0.05) is 0 Å². The molecular weight excluding hydrogens is 279 g/mol. The molecule has 0 amide bonds. The SMILES string of the molecule is N#Cc1cc(C(F)(F)F)ccc1-n1cnc2ccccc21. The number of benzene rings is 2. The fourth-order valence-corrected chi connectivity index (χ4v) is 2.16. The van der Waals surface area contributed by atoms with E-state index in [1.807, 2.05) is 12.1 Å². The Morgan fingerprint density at radius 3 is 2.57 bits per heavy atom. The van der Waals surface area contributed by atoms with Crippen molar-refractivity contribution in [2.24, 2.45) is 0 Å². The maximum absolute atomic E-state index is 12.7. The number of hydrogen-bond acceptors (Lipinski definition) is 2. The van der Waals surface area contributed by atoms with Crippen LogP contribution in [0.2, 0.25) is 0 Å². The molecule has 0 N–H and O–H groups in total. The lowest BCUT2D eigenvalue weighted by Gasteiger charge is -2.11. The van der Waals surface area contributed by atoms with Crippen LogP contribution in [0.4, 0.5) is 13.2 Å². The smallest absolute Gasteiger partial charge is 0.298 e. The number of nitrogens with zero attached hydrogens (tertiary/aromatic N) is 3. The van der Waals surface area contributed by atoms with Crippen LogP contribution >= 0.6 is 0 Å². The van der Waals surface area contributed by atoms with Crippen LogP contribution in [0.5, 0.6) is 0 Å². The van der Waals surface area contributed by atoms with Gasteiger partial charge in [0.1, 0.15) is 12.4 Å². The number of fused-ring (bicyclic) bond motifs is 1. The summed E-state index contributed by atoms with van der Waals surface area (Å²) in [4.78, 5) is 4.17. The highest BCUT2D eigenvalue weighted by Crippen LogP contribution is 2.31. The van der Waals surface area contributed by atoms with E-state index in [-0.39, 0.29) is 5.56 Å². The first-order valence-electron chi connectivity index (χ1n) is 6.04. The molecule has 3 rings (SSSR count). The summed E-state index contributed by atoms with van der Waals surface area (Å²) in [5.41, 5.74) is 0.925. The topological polar surface area (TPSA) is 41.6 Å². The summed E-state index contributed by atoms with van der Waals surface area (Å²) in [5.74, 6) is 0. The number of para-hydroxylation sites is 2. The third kappa shape index (κ3) is 2.23. The van der Waals surface area contributed by atoms with Gasteiger partial charge in [0.05, 0.1) is 27.8 Å². The van der Waals surface area contributed by atoms with Crippen molar-refractivity contribution in [1.29, 1.82) is 5.26 Å². The molecule has 1 heterocycles. The molecule has 1 aromatic heterocycles. The standard InChI is InChI=1S/C15H8F3N3/c16-15(17,18)11-5-6-13(10(7-11)8-19)21-9-20-12-3-1-2-4-14(12)21/h1-7,9H. The zero-order valence-corrected chi connectivity index (χ0v) is 10.6. The molecule has 6 heteroatoms. The molecule has 21 heavy (non-hydrogen) atoms. The molecule has 0 radical (unpaired) electrons. The highest BCUT2D eigenvalue weighted by Gasteiger charge is 2.31. The van der Waals surface area contributed by atoms with Gasteiger partial charge in [0.25, 0.3) is 0 Å². The monoisotopic (exact) mass is 287 g/mol. The van der Waals surface area contributed by atoms with E-state index in [4.69, 9.17) is 5.26 Å². The van der Waals surface area contributed by atoms with Gasteiger partial charge in [-0.1, -0.05) is 12.1 Å². The molecule has 2 aromatic carbocycles. The molecule has 0 unspecified atom stereocenters. The maximum Gasteiger partial charge on any atom is 0.416 e. The van der Waals surface area contributed by atoms with Crippen molar-refractivity contribution >= 4 is 11.0 Å². The van der Waals surface area contributed by atoms with Gasteiger partial charge in [0.15, 0.2) is 0 Å². The predicted octanol–water partition coefficient (Wildman–Crippen LogP) is 3.92. The minimum Gasteiger partial charge on any atom is -0.298 e. The van der Waals surface area contributed by atoms with Crippen LogP contribution in [0, 0.1) is 11.3 Å². The van der Waals surface area contributed by atoms with Gasteiger partial charge in [-0.25, -0.2) is 4.98 Å². The predicted molar refractivity (Wildman–Crippen MR) is 70.8 cm³/mol. The Kier molecular flexibility index (Phi) is 2.91. The summed E-state index contributed by atoms with van der Waals surface area (Å²) in [6, 6.07) is 12.1. The molecule has 104 valence electrons. The lowest BCUT2D eigenvalue weighted by Crippen LogP contribution is -2.06. The zero-order chi connectivity index (χ0) is 15.0. The van der Waals surface area contributed by atoms with Crippen molar-refractivity contribution in [3.63, 3.8) is 0 Å². The summed E-state index contributed by atoms with van der Waals surface area (Å²) in [6.07, 6.45) is -2.98. The van der Waals surface area contributed by atoms with Crippen LogP contribution in [0.1, 0.15) is 11.1 Å². The Balaban J connectivity index is 2.22. The molecule has 0 saturated carbocycles. The molecule has 0 aliphatic carbocycles. The van der Waals surface area contributed by atoms with Gasteiger partial charge in [-0.2, -0.15) is 18.4 Å². The molecule has 0 fully saturated rings. The van der Waals surface area contributed by atoms with Crippen LogP contribution in [0.3, 0.4) is 0 Å². The first-order chi connectivity index (χ1) is 10.0. The van der Waals surface area contributed by atoms with E-state index >= 15 is 0 Å². The highest BCUT2D eigenvalue weighted by atomic mass is 19.4. The third-order valence-electron chi connectivity index (χ3n) is 3.16. The zero-order valence-electron chi connectivity index (χ0n) is 10.6. The average Bonchev–Trinajstić information content (AvgIpc) is 2.89. The normalized spacial score (nSPS) is 11.5. The van der Waals surface area contributed by atoms with Gasteiger partial charge in [0.2, 0.25) is 0 Å². The fourth-order valence-electron chi connectivity index (χ4n) is 2.16. The van der Waals surface area contributed by atoms with E-state index in [2.05, 4.69) is 4.98 Å². The molecule has 0 aliphatic rings. The minimum atomic E-state index is -4.47. The Labute approximate surface area is 117 Å². The van der Waals surface area contributed by atoms with Gasteiger partial charge >= 0.3 is 6.18 Å². The van der Waals surface area contributed by atoms with Crippen molar-refractivity contribution in [2.45, 2.75) is 6.18 Å². The Bertz CT molecular complexity index is 856. The summed E-state index contributed by atoms with van der Waals surface area (Å²) in [6.45, 7) is 0. The first kappa shape index (κ1) is 13.2. The highest BCUT2D eigenvalue weighted by molar-refractivity contribution is 5.78. The van der Waals surface area contributed by atoms with E-state index < -0.39 is 11.7 Å². The molecule has 0 atom stereocenters. The van der Waals surface area contributed by atoms with Crippen molar-refractivity contribution in [3.8, 4) is 11.8 Å². The summed E-state index contributed by atoms with van der Waals surface area (Å²) in [5, 5.41) is 9.13. The lowest BCUT2D eigenvalue weighted by molar-refractivity contribution is -0.137. The fraction of sp³-hybridized carbons (Fsp3) is 0.0667.